The zero-order chi connectivity index (χ0) is 30.6. The summed E-state index contributed by atoms with van der Waals surface area (Å²) >= 11 is 0. The van der Waals surface area contributed by atoms with Gasteiger partial charge in [-0.1, -0.05) is 24.3 Å². The van der Waals surface area contributed by atoms with Crippen LogP contribution in [0.3, 0.4) is 0 Å². The van der Waals surface area contributed by atoms with Gasteiger partial charge in [0.1, 0.15) is 6.04 Å². The number of nitrogens with zero attached hydrogens (tertiary/aromatic N) is 2. The van der Waals surface area contributed by atoms with Gasteiger partial charge in [0.05, 0.1) is 21.0 Å². The third-order valence-electron chi connectivity index (χ3n) is 4.73. The molecule has 0 aromatic heterocycles. The largest absolute Gasteiger partial charge is 0.490 e. The van der Waals surface area contributed by atoms with Crippen LogP contribution in [0.1, 0.15) is 36.1 Å². The molecule has 0 aliphatic carbocycles. The first-order valence-electron chi connectivity index (χ1n) is 10.7. The molecule has 0 aliphatic heterocycles. The zero-order valence-corrected chi connectivity index (χ0v) is 19.9. The standard InChI is InChI=1S/C20H19N3O10.C2HF3O2/c24-16(33-18(20(27)28)13-7-2-4-9-15(13)23(31)32)10-5-11-21-17(19(25)26)12-6-1-3-8-14(12)22(29)30;3-2(4,5)1(6)7/h1-4,6-9,17-18,21H,5,10-11H2,(H,25,26)(H,27,28);(H,6,7). The Morgan fingerprint density at radius 3 is 1.73 bits per heavy atom. The molecule has 2 aromatic rings. The predicted octanol–water partition coefficient (Wildman–Crippen LogP) is 3.00. The van der Waals surface area contributed by atoms with Crippen LogP contribution in [0.15, 0.2) is 48.5 Å². The molecule has 0 fully saturated rings. The van der Waals surface area contributed by atoms with E-state index in [1.54, 1.807) is 0 Å². The second-order valence-electron chi connectivity index (χ2n) is 7.47. The molecule has 4 N–H and O–H groups in total. The number of carbonyl (C=O) groups is 4. The summed E-state index contributed by atoms with van der Waals surface area (Å²) in [4.78, 5) is 64.9. The van der Waals surface area contributed by atoms with Crippen molar-refractivity contribution in [2.75, 3.05) is 6.54 Å². The van der Waals surface area contributed by atoms with Gasteiger partial charge in [-0.05, 0) is 25.1 Å². The van der Waals surface area contributed by atoms with Crippen molar-refractivity contribution in [3.63, 3.8) is 0 Å². The van der Waals surface area contributed by atoms with Gasteiger partial charge < -0.3 is 25.4 Å². The fraction of sp³-hybridized carbons (Fsp3) is 0.273. The molecule has 2 unspecified atom stereocenters. The van der Waals surface area contributed by atoms with E-state index in [-0.39, 0.29) is 36.2 Å². The molecule has 2 atom stereocenters. The highest BCUT2D eigenvalue weighted by Crippen LogP contribution is 2.28. The Balaban J connectivity index is 0.00000101. The third kappa shape index (κ3) is 9.97. The van der Waals surface area contributed by atoms with Crippen LogP contribution in [0.5, 0.6) is 0 Å². The number of hydrogen-bond donors (Lipinski definition) is 4. The lowest BCUT2D eigenvalue weighted by Crippen LogP contribution is -2.30. The average Bonchev–Trinajstić information content (AvgIpc) is 2.86. The van der Waals surface area contributed by atoms with E-state index in [1.165, 1.54) is 36.4 Å². The number of carboxylic acid groups (broad SMARTS) is 3. The molecule has 40 heavy (non-hydrogen) atoms. The lowest BCUT2D eigenvalue weighted by atomic mass is 10.0. The highest BCUT2D eigenvalue weighted by Gasteiger charge is 2.38. The van der Waals surface area contributed by atoms with E-state index in [1.807, 2.05) is 0 Å². The van der Waals surface area contributed by atoms with Crippen LogP contribution in [0.2, 0.25) is 0 Å². The number of nitro benzene ring substituents is 2. The van der Waals surface area contributed by atoms with Crippen LogP contribution in [0.4, 0.5) is 24.5 Å². The SMILES string of the molecule is O=C(CCCNC(C(=O)O)c1ccccc1[N+](=O)[O-])OC(C(=O)O)c1ccccc1[N+](=O)[O-].O=C(O)C(F)(F)F. The van der Waals surface area contributed by atoms with E-state index in [9.17, 15) is 58.0 Å². The number of rotatable bonds is 12. The minimum Gasteiger partial charge on any atom is -0.480 e. The number of carbonyl (C=O) groups excluding carboxylic acids is 1. The number of nitrogens with one attached hydrogen (secondary N) is 1. The molecule has 18 heteroatoms. The summed E-state index contributed by atoms with van der Waals surface area (Å²) < 4.78 is 36.6. The van der Waals surface area contributed by atoms with Crippen LogP contribution >= 0.6 is 0 Å². The summed E-state index contributed by atoms with van der Waals surface area (Å²) in [5.74, 6) is -6.69. The molecule has 0 bridgehead atoms. The maximum absolute atomic E-state index is 12.1. The first kappa shape index (κ1) is 32.9. The Morgan fingerprint density at radius 2 is 1.30 bits per heavy atom. The van der Waals surface area contributed by atoms with Crippen molar-refractivity contribution in [2.45, 2.75) is 31.2 Å². The van der Waals surface area contributed by atoms with E-state index >= 15 is 0 Å². The van der Waals surface area contributed by atoms with Crippen LogP contribution in [0.25, 0.3) is 0 Å². The number of carboxylic acids is 3. The van der Waals surface area contributed by atoms with Crippen molar-refractivity contribution >= 4 is 35.3 Å². The normalized spacial score (nSPS) is 12.2. The van der Waals surface area contributed by atoms with Crippen molar-refractivity contribution in [3.05, 3.63) is 79.9 Å². The Hall–Kier alpha value is -5.13. The van der Waals surface area contributed by atoms with Crippen molar-refractivity contribution in [1.29, 1.82) is 0 Å². The van der Waals surface area contributed by atoms with Crippen molar-refractivity contribution in [3.8, 4) is 0 Å². The maximum Gasteiger partial charge on any atom is 0.490 e. The summed E-state index contributed by atoms with van der Waals surface area (Å²) in [6, 6.07) is 8.84. The number of esters is 1. The van der Waals surface area contributed by atoms with Crippen molar-refractivity contribution in [1.82, 2.24) is 5.32 Å². The fourth-order valence-corrected chi connectivity index (χ4v) is 3.02. The van der Waals surface area contributed by atoms with Crippen LogP contribution in [-0.2, 0) is 23.9 Å². The Kier molecular flexibility index (Phi) is 12.1. The molecule has 2 aromatic carbocycles. The topological polar surface area (TPSA) is 237 Å². The first-order chi connectivity index (χ1) is 18.6. The van der Waals surface area contributed by atoms with Gasteiger partial charge in [0.2, 0.25) is 6.10 Å². The summed E-state index contributed by atoms with van der Waals surface area (Å²) in [6.07, 6.45) is -7.31. The van der Waals surface area contributed by atoms with Gasteiger partial charge in [-0.3, -0.25) is 29.8 Å². The minimum absolute atomic E-state index is 0.00642. The maximum atomic E-state index is 12.1. The summed E-state index contributed by atoms with van der Waals surface area (Å²) in [6.45, 7) is -0.0681. The second-order valence-corrected chi connectivity index (χ2v) is 7.47. The Labute approximate surface area is 221 Å². The van der Waals surface area contributed by atoms with Gasteiger partial charge in [0, 0.05) is 18.6 Å². The van der Waals surface area contributed by atoms with Gasteiger partial charge >= 0.3 is 30.1 Å². The average molecular weight is 575 g/mol. The molecule has 2 rings (SSSR count). The lowest BCUT2D eigenvalue weighted by molar-refractivity contribution is -0.386. The van der Waals surface area contributed by atoms with Gasteiger partial charge in [-0.15, -0.1) is 0 Å². The summed E-state index contributed by atoms with van der Waals surface area (Å²) in [5.41, 5.74) is -1.28. The second kappa shape index (κ2) is 14.7. The minimum atomic E-state index is -5.08. The summed E-state index contributed by atoms with van der Waals surface area (Å²) in [5, 5.41) is 50.8. The lowest BCUT2D eigenvalue weighted by Gasteiger charge is -2.16. The van der Waals surface area contributed by atoms with E-state index in [0.717, 1.165) is 12.1 Å². The molecule has 0 saturated heterocycles. The van der Waals surface area contributed by atoms with E-state index in [0.29, 0.717) is 0 Å². The van der Waals surface area contributed by atoms with Gasteiger partial charge in [0.25, 0.3) is 11.4 Å². The molecule has 15 nitrogen and oxygen atoms in total. The summed E-state index contributed by atoms with van der Waals surface area (Å²) in [7, 11) is 0. The van der Waals surface area contributed by atoms with E-state index < -0.39 is 57.7 Å². The molecule has 0 spiro atoms. The van der Waals surface area contributed by atoms with Crippen molar-refractivity contribution < 1.29 is 62.3 Å². The number of benzene rings is 2. The van der Waals surface area contributed by atoms with Gasteiger partial charge in [-0.2, -0.15) is 13.2 Å². The highest BCUT2D eigenvalue weighted by molar-refractivity contribution is 5.81. The monoisotopic (exact) mass is 575 g/mol. The smallest absolute Gasteiger partial charge is 0.480 e. The molecule has 0 aliphatic rings. The fourth-order valence-electron chi connectivity index (χ4n) is 3.02. The molecule has 0 heterocycles. The Bertz CT molecular complexity index is 1270. The molecular weight excluding hydrogens is 555 g/mol. The number of ether oxygens (including phenoxy) is 1. The molecule has 0 radical (unpaired) electrons. The number of hydrogen-bond acceptors (Lipinski definition) is 10. The van der Waals surface area contributed by atoms with Crippen LogP contribution in [0, 0.1) is 20.2 Å². The first-order valence-corrected chi connectivity index (χ1v) is 10.7. The van der Waals surface area contributed by atoms with Crippen LogP contribution < -0.4 is 5.32 Å². The van der Waals surface area contributed by atoms with Gasteiger partial charge in [0.15, 0.2) is 0 Å². The number of aliphatic carboxylic acids is 3. The van der Waals surface area contributed by atoms with Gasteiger partial charge in [-0.25, -0.2) is 9.59 Å². The third-order valence-corrected chi connectivity index (χ3v) is 4.73. The predicted molar refractivity (Wildman–Crippen MR) is 124 cm³/mol. The number of halogens is 3. The molecule has 0 amide bonds. The Morgan fingerprint density at radius 1 is 0.850 bits per heavy atom. The van der Waals surface area contributed by atoms with Crippen molar-refractivity contribution in [2.24, 2.45) is 0 Å². The molecule has 216 valence electrons. The van der Waals surface area contributed by atoms with E-state index in [2.05, 4.69) is 5.32 Å². The highest BCUT2D eigenvalue weighted by atomic mass is 19.4. The molecule has 0 saturated carbocycles. The van der Waals surface area contributed by atoms with E-state index in [4.69, 9.17) is 14.6 Å². The quantitative estimate of drug-likeness (QED) is 0.123. The van der Waals surface area contributed by atoms with Crippen LogP contribution in [-0.4, -0.2) is 61.8 Å². The molecular formula is C22H20F3N3O12. The number of alkyl halides is 3. The number of para-hydroxylation sites is 2. The zero-order valence-electron chi connectivity index (χ0n) is 19.9. The number of nitro groups is 2.